The summed E-state index contributed by atoms with van der Waals surface area (Å²) < 4.78 is 16.0. The van der Waals surface area contributed by atoms with E-state index in [9.17, 15) is 0 Å². The standard InChI is InChI=1S/C16H25N3O3/c1-20-14-6-5-12(10-15(14)21-2)11-19-16(17)18-8-7-13-4-3-9-22-13/h5-6,10,13H,3-4,7-9,11H2,1-2H3,(H3,17,18,19). The van der Waals surface area contributed by atoms with E-state index in [1.165, 1.54) is 0 Å². The lowest BCUT2D eigenvalue weighted by Crippen LogP contribution is -2.33. The zero-order valence-electron chi connectivity index (χ0n) is 13.3. The smallest absolute Gasteiger partial charge is 0.188 e. The van der Waals surface area contributed by atoms with Crippen molar-refractivity contribution in [1.29, 1.82) is 0 Å². The van der Waals surface area contributed by atoms with E-state index in [1.807, 2.05) is 18.2 Å². The Bertz CT molecular complexity index is 499. The number of benzene rings is 1. The molecular formula is C16H25N3O3. The van der Waals surface area contributed by atoms with Crippen molar-refractivity contribution < 1.29 is 14.2 Å². The minimum atomic E-state index is 0.367. The summed E-state index contributed by atoms with van der Waals surface area (Å²) in [5.41, 5.74) is 6.89. The van der Waals surface area contributed by atoms with Crippen molar-refractivity contribution in [1.82, 2.24) is 5.32 Å². The maximum atomic E-state index is 5.88. The van der Waals surface area contributed by atoms with Crippen molar-refractivity contribution in [2.24, 2.45) is 10.7 Å². The number of nitrogens with zero attached hydrogens (tertiary/aromatic N) is 1. The van der Waals surface area contributed by atoms with Crippen LogP contribution < -0.4 is 20.5 Å². The predicted octanol–water partition coefficient (Wildman–Crippen LogP) is 1.68. The monoisotopic (exact) mass is 307 g/mol. The minimum absolute atomic E-state index is 0.367. The van der Waals surface area contributed by atoms with Crippen molar-refractivity contribution >= 4 is 5.96 Å². The molecule has 0 spiro atoms. The average molecular weight is 307 g/mol. The summed E-state index contributed by atoms with van der Waals surface area (Å²) in [6.07, 6.45) is 3.64. The fraction of sp³-hybridized carbons (Fsp3) is 0.562. The van der Waals surface area contributed by atoms with Crippen LogP contribution in [-0.4, -0.2) is 39.4 Å². The number of nitrogens with two attached hydrogens (primary N) is 1. The number of methoxy groups -OCH3 is 2. The van der Waals surface area contributed by atoms with Gasteiger partial charge in [0, 0.05) is 13.2 Å². The summed E-state index contributed by atoms with van der Waals surface area (Å²) in [5, 5.41) is 3.12. The molecular weight excluding hydrogens is 282 g/mol. The number of guanidine groups is 1. The highest BCUT2D eigenvalue weighted by Gasteiger charge is 2.14. The SMILES string of the molecule is COc1ccc(CN=C(N)NCCC2CCCO2)cc1OC. The summed E-state index contributed by atoms with van der Waals surface area (Å²) in [6.45, 7) is 2.17. The number of ether oxygens (including phenoxy) is 3. The van der Waals surface area contributed by atoms with Crippen LogP contribution in [0.2, 0.25) is 0 Å². The van der Waals surface area contributed by atoms with Gasteiger partial charge in [-0.15, -0.1) is 0 Å². The van der Waals surface area contributed by atoms with E-state index in [0.717, 1.165) is 38.0 Å². The van der Waals surface area contributed by atoms with E-state index >= 15 is 0 Å². The third-order valence-electron chi connectivity index (χ3n) is 3.68. The van der Waals surface area contributed by atoms with Gasteiger partial charge in [-0.05, 0) is 37.0 Å². The van der Waals surface area contributed by atoms with Crippen molar-refractivity contribution in [3.05, 3.63) is 23.8 Å². The van der Waals surface area contributed by atoms with Gasteiger partial charge in [0.1, 0.15) is 0 Å². The van der Waals surface area contributed by atoms with E-state index in [0.29, 0.717) is 30.1 Å². The Morgan fingerprint density at radius 3 is 2.86 bits per heavy atom. The lowest BCUT2D eigenvalue weighted by molar-refractivity contribution is 0.105. The molecule has 22 heavy (non-hydrogen) atoms. The van der Waals surface area contributed by atoms with Crippen molar-refractivity contribution in [2.45, 2.75) is 31.9 Å². The van der Waals surface area contributed by atoms with Gasteiger partial charge in [0.25, 0.3) is 0 Å². The quantitative estimate of drug-likeness (QED) is 0.592. The molecule has 1 aliphatic rings. The first kappa shape index (κ1) is 16.4. The first-order chi connectivity index (χ1) is 10.7. The molecule has 2 rings (SSSR count). The molecule has 1 aromatic carbocycles. The Morgan fingerprint density at radius 2 is 2.18 bits per heavy atom. The molecule has 1 atom stereocenters. The molecule has 1 aromatic rings. The van der Waals surface area contributed by atoms with Gasteiger partial charge in [0.05, 0.1) is 26.9 Å². The average Bonchev–Trinajstić information content (AvgIpc) is 3.06. The zero-order chi connectivity index (χ0) is 15.8. The summed E-state index contributed by atoms with van der Waals surface area (Å²) in [6, 6.07) is 5.72. The van der Waals surface area contributed by atoms with Gasteiger partial charge in [0.2, 0.25) is 0 Å². The molecule has 6 heteroatoms. The Labute approximate surface area is 131 Å². The first-order valence-electron chi connectivity index (χ1n) is 7.59. The van der Waals surface area contributed by atoms with E-state index in [-0.39, 0.29) is 0 Å². The number of rotatable bonds is 7. The molecule has 1 saturated heterocycles. The minimum Gasteiger partial charge on any atom is -0.493 e. The van der Waals surface area contributed by atoms with Crippen LogP contribution in [0.1, 0.15) is 24.8 Å². The van der Waals surface area contributed by atoms with Crippen LogP contribution >= 0.6 is 0 Å². The molecule has 122 valence electrons. The van der Waals surface area contributed by atoms with Crippen molar-refractivity contribution in [2.75, 3.05) is 27.4 Å². The molecule has 6 nitrogen and oxygen atoms in total. The Balaban J connectivity index is 1.79. The third-order valence-corrected chi connectivity index (χ3v) is 3.68. The third kappa shape index (κ3) is 4.80. The van der Waals surface area contributed by atoms with Gasteiger partial charge in [-0.25, -0.2) is 4.99 Å². The van der Waals surface area contributed by atoms with Crippen LogP contribution in [0.4, 0.5) is 0 Å². The van der Waals surface area contributed by atoms with E-state index in [2.05, 4.69) is 10.3 Å². The number of hydrogen-bond donors (Lipinski definition) is 2. The summed E-state index contributed by atoms with van der Waals surface area (Å²) in [7, 11) is 3.23. The van der Waals surface area contributed by atoms with E-state index in [1.54, 1.807) is 14.2 Å². The molecule has 0 saturated carbocycles. The van der Waals surface area contributed by atoms with Crippen molar-refractivity contribution in [3.63, 3.8) is 0 Å². The first-order valence-corrected chi connectivity index (χ1v) is 7.59. The van der Waals surface area contributed by atoms with Crippen LogP contribution in [0.15, 0.2) is 23.2 Å². The Hall–Kier alpha value is -1.95. The van der Waals surface area contributed by atoms with Gasteiger partial charge in [-0.3, -0.25) is 0 Å². The zero-order valence-corrected chi connectivity index (χ0v) is 13.3. The van der Waals surface area contributed by atoms with Gasteiger partial charge >= 0.3 is 0 Å². The lowest BCUT2D eigenvalue weighted by Gasteiger charge is -2.11. The van der Waals surface area contributed by atoms with Gasteiger partial charge in [-0.1, -0.05) is 6.07 Å². The number of aliphatic imine (C=N–C) groups is 1. The second kappa shape index (κ2) is 8.48. The number of hydrogen-bond acceptors (Lipinski definition) is 4. The second-order valence-electron chi connectivity index (χ2n) is 5.24. The lowest BCUT2D eigenvalue weighted by atomic mass is 10.2. The summed E-state index contributed by atoms with van der Waals surface area (Å²) >= 11 is 0. The van der Waals surface area contributed by atoms with Crippen LogP contribution in [0.3, 0.4) is 0 Å². The fourth-order valence-electron chi connectivity index (χ4n) is 2.44. The maximum Gasteiger partial charge on any atom is 0.188 e. The molecule has 1 aliphatic heterocycles. The predicted molar refractivity (Wildman–Crippen MR) is 86.5 cm³/mol. The van der Waals surface area contributed by atoms with Crippen LogP contribution in [0.25, 0.3) is 0 Å². The van der Waals surface area contributed by atoms with Crippen molar-refractivity contribution in [3.8, 4) is 11.5 Å². The largest absolute Gasteiger partial charge is 0.493 e. The number of nitrogens with one attached hydrogen (secondary N) is 1. The maximum absolute atomic E-state index is 5.88. The van der Waals surface area contributed by atoms with Crippen LogP contribution in [0, 0.1) is 0 Å². The fourth-order valence-corrected chi connectivity index (χ4v) is 2.44. The normalized spacial score (nSPS) is 18.3. The Kier molecular flexibility index (Phi) is 6.33. The highest BCUT2D eigenvalue weighted by atomic mass is 16.5. The molecule has 1 unspecified atom stereocenters. The molecule has 3 N–H and O–H groups in total. The van der Waals surface area contributed by atoms with Gasteiger partial charge < -0.3 is 25.3 Å². The molecule has 1 fully saturated rings. The second-order valence-corrected chi connectivity index (χ2v) is 5.24. The molecule has 0 aromatic heterocycles. The molecule has 1 heterocycles. The molecule has 0 bridgehead atoms. The van der Waals surface area contributed by atoms with Gasteiger partial charge in [-0.2, -0.15) is 0 Å². The highest BCUT2D eigenvalue weighted by molar-refractivity contribution is 5.77. The highest BCUT2D eigenvalue weighted by Crippen LogP contribution is 2.27. The Morgan fingerprint density at radius 1 is 1.36 bits per heavy atom. The molecule has 0 aliphatic carbocycles. The van der Waals surface area contributed by atoms with E-state index in [4.69, 9.17) is 19.9 Å². The van der Waals surface area contributed by atoms with Crippen LogP contribution in [0.5, 0.6) is 11.5 Å². The molecule has 0 radical (unpaired) electrons. The van der Waals surface area contributed by atoms with Gasteiger partial charge in [0.15, 0.2) is 17.5 Å². The van der Waals surface area contributed by atoms with Crippen LogP contribution in [-0.2, 0) is 11.3 Å². The molecule has 0 amide bonds. The topological polar surface area (TPSA) is 78.1 Å². The van der Waals surface area contributed by atoms with E-state index < -0.39 is 0 Å². The summed E-state index contributed by atoms with van der Waals surface area (Å²) in [4.78, 5) is 4.34. The summed E-state index contributed by atoms with van der Waals surface area (Å²) in [5.74, 6) is 1.85.